The summed E-state index contributed by atoms with van der Waals surface area (Å²) >= 11 is 1.66. The largest absolute Gasteiger partial charge is 0.282 e. The molecule has 1 aliphatic rings. The van der Waals surface area contributed by atoms with Crippen molar-refractivity contribution in [2.24, 2.45) is 4.99 Å². The molecule has 0 saturated carbocycles. The van der Waals surface area contributed by atoms with Crippen molar-refractivity contribution >= 4 is 50.2 Å². The Morgan fingerprint density at radius 1 is 0.963 bits per heavy atom. The van der Waals surface area contributed by atoms with Gasteiger partial charge in [0.25, 0.3) is 5.91 Å². The van der Waals surface area contributed by atoms with E-state index in [-0.39, 0.29) is 5.91 Å². The van der Waals surface area contributed by atoms with Crippen LogP contribution in [0.2, 0.25) is 0 Å². The normalized spacial score (nSPS) is 14.9. The van der Waals surface area contributed by atoms with Crippen LogP contribution in [0.1, 0.15) is 10.6 Å². The molecule has 2 heterocycles. The summed E-state index contributed by atoms with van der Waals surface area (Å²) < 4.78 is 1.13. The van der Waals surface area contributed by atoms with Crippen molar-refractivity contribution in [3.63, 3.8) is 0 Å². The highest BCUT2D eigenvalue weighted by Crippen LogP contribution is 2.36. The number of aliphatic imine (C=N–C) groups is 1. The maximum absolute atomic E-state index is 13.2. The number of carbonyl (C=O) groups is 1. The summed E-state index contributed by atoms with van der Waals surface area (Å²) in [6.45, 7) is 1.99. The Morgan fingerprint density at radius 3 is 2.59 bits per heavy atom. The van der Waals surface area contributed by atoms with Gasteiger partial charge in [0.05, 0.1) is 26.6 Å². The zero-order chi connectivity index (χ0) is 18.4. The first-order valence-corrected chi connectivity index (χ1v) is 9.47. The topological polar surface area (TPSA) is 45.6 Å². The van der Waals surface area contributed by atoms with Crippen LogP contribution in [0.25, 0.3) is 10.2 Å². The highest BCUT2D eigenvalue weighted by molar-refractivity contribution is 7.18. The Hall–Kier alpha value is -3.31. The summed E-state index contributed by atoms with van der Waals surface area (Å²) in [6.07, 6.45) is 0. The molecule has 0 radical (unpaired) electrons. The number of carbonyl (C=O) groups excluding carboxylic acids is 1. The van der Waals surface area contributed by atoms with Crippen LogP contribution >= 0.6 is 11.3 Å². The third-order valence-corrected chi connectivity index (χ3v) is 5.49. The van der Waals surface area contributed by atoms with Crippen molar-refractivity contribution in [2.75, 3.05) is 4.90 Å². The van der Waals surface area contributed by atoms with Crippen LogP contribution < -0.4 is 4.90 Å². The second kappa shape index (κ2) is 6.14. The summed E-state index contributed by atoms with van der Waals surface area (Å²) in [7, 11) is 0. The van der Waals surface area contributed by atoms with E-state index in [0.717, 1.165) is 37.8 Å². The second-order valence-electron chi connectivity index (χ2n) is 6.34. The molecule has 0 atom stereocenters. The van der Waals surface area contributed by atoms with Gasteiger partial charge in [0.15, 0.2) is 0 Å². The number of hydrogen-bond acceptors (Lipinski definition) is 4. The van der Waals surface area contributed by atoms with Crippen molar-refractivity contribution in [3.8, 4) is 0 Å². The molecule has 5 rings (SSSR count). The summed E-state index contributed by atoms with van der Waals surface area (Å²) in [6, 6.07) is 23.3. The van der Waals surface area contributed by atoms with Gasteiger partial charge in [-0.3, -0.25) is 9.69 Å². The Morgan fingerprint density at radius 2 is 1.74 bits per heavy atom. The molecule has 3 aromatic carbocycles. The third-order valence-electron chi connectivity index (χ3n) is 4.54. The number of aromatic nitrogens is 1. The molecule has 4 aromatic rings. The molecular weight excluding hydrogens is 354 g/mol. The van der Waals surface area contributed by atoms with Gasteiger partial charge in [0.1, 0.15) is 5.71 Å². The number of aryl methyl sites for hydroxylation is 1. The van der Waals surface area contributed by atoms with Gasteiger partial charge in [-0.2, -0.15) is 0 Å². The second-order valence-corrected chi connectivity index (χ2v) is 7.57. The Bertz CT molecular complexity index is 1210. The molecule has 27 heavy (non-hydrogen) atoms. The average Bonchev–Trinajstić information content (AvgIpc) is 3.19. The molecule has 0 unspecified atom stereocenters. The van der Waals surface area contributed by atoms with E-state index in [9.17, 15) is 4.79 Å². The molecule has 0 aliphatic carbocycles. The molecule has 0 spiro atoms. The van der Waals surface area contributed by atoms with Gasteiger partial charge < -0.3 is 0 Å². The van der Waals surface area contributed by atoms with Gasteiger partial charge >= 0.3 is 0 Å². The monoisotopic (exact) mass is 369 g/mol. The van der Waals surface area contributed by atoms with Crippen LogP contribution in [0.5, 0.6) is 0 Å². The van der Waals surface area contributed by atoms with E-state index in [1.807, 2.05) is 79.7 Å². The molecule has 130 valence electrons. The summed E-state index contributed by atoms with van der Waals surface area (Å²) in [4.78, 5) is 24.2. The molecular formula is C22H15N3OS. The summed E-state index contributed by atoms with van der Waals surface area (Å²) in [5.74, 6) is -0.114. The molecule has 1 aliphatic heterocycles. The number of thiazole rings is 1. The first kappa shape index (κ1) is 15.9. The molecule has 1 aromatic heterocycles. The van der Waals surface area contributed by atoms with Crippen LogP contribution in [0.4, 0.5) is 17.1 Å². The SMILES string of the molecule is Cc1nc2cc(/N=C3\C(=O)N(c4ccccc4)c4ccccc43)ccc2s1. The molecule has 0 saturated heterocycles. The maximum Gasteiger partial charge on any atom is 0.282 e. The number of fused-ring (bicyclic) bond motifs is 2. The van der Waals surface area contributed by atoms with Crippen molar-refractivity contribution < 1.29 is 4.79 Å². The maximum atomic E-state index is 13.2. The average molecular weight is 369 g/mol. The molecule has 1 amide bonds. The van der Waals surface area contributed by atoms with Crippen molar-refractivity contribution in [3.05, 3.63) is 83.4 Å². The summed E-state index contributed by atoms with van der Waals surface area (Å²) in [5, 5.41) is 1.02. The van der Waals surface area contributed by atoms with Gasteiger partial charge in [0.2, 0.25) is 0 Å². The minimum atomic E-state index is -0.114. The molecule has 0 N–H and O–H groups in total. The van der Waals surface area contributed by atoms with Gasteiger partial charge in [0, 0.05) is 11.3 Å². The van der Waals surface area contributed by atoms with Crippen LogP contribution in [-0.4, -0.2) is 16.6 Å². The fraction of sp³-hybridized carbons (Fsp3) is 0.0455. The number of nitrogens with zero attached hydrogens (tertiary/aromatic N) is 3. The Balaban J connectivity index is 1.65. The van der Waals surface area contributed by atoms with E-state index >= 15 is 0 Å². The highest BCUT2D eigenvalue weighted by atomic mass is 32.1. The van der Waals surface area contributed by atoms with Gasteiger partial charge in [-0.15, -0.1) is 11.3 Å². The minimum Gasteiger partial charge on any atom is -0.275 e. The zero-order valence-corrected chi connectivity index (χ0v) is 15.4. The summed E-state index contributed by atoms with van der Waals surface area (Å²) in [5.41, 5.74) is 4.66. The molecule has 5 heteroatoms. The highest BCUT2D eigenvalue weighted by Gasteiger charge is 2.34. The fourth-order valence-electron chi connectivity index (χ4n) is 3.37. The minimum absolute atomic E-state index is 0.114. The number of para-hydroxylation sites is 2. The number of hydrogen-bond donors (Lipinski definition) is 0. The van der Waals surface area contributed by atoms with E-state index < -0.39 is 0 Å². The van der Waals surface area contributed by atoms with E-state index in [0.29, 0.717) is 5.71 Å². The lowest BCUT2D eigenvalue weighted by Crippen LogP contribution is -2.25. The number of amides is 1. The van der Waals surface area contributed by atoms with E-state index in [4.69, 9.17) is 4.99 Å². The quantitative estimate of drug-likeness (QED) is 0.475. The fourth-order valence-corrected chi connectivity index (χ4v) is 4.18. The molecule has 0 bridgehead atoms. The van der Waals surface area contributed by atoms with E-state index in [1.54, 1.807) is 16.2 Å². The standard InChI is InChI=1S/C22H15N3OS/c1-14-23-18-13-15(11-12-20(18)27-14)24-21-17-9-5-6-10-19(17)25(22(21)26)16-7-3-2-4-8-16/h2-13H,1H3/b24-21-. The van der Waals surface area contributed by atoms with E-state index in [2.05, 4.69) is 4.98 Å². The number of rotatable bonds is 2. The zero-order valence-electron chi connectivity index (χ0n) is 14.6. The van der Waals surface area contributed by atoms with E-state index in [1.165, 1.54) is 0 Å². The Labute approximate surface area is 160 Å². The number of benzene rings is 3. The predicted octanol–water partition coefficient (Wildman–Crippen LogP) is 5.40. The Kier molecular flexibility index (Phi) is 3.62. The third kappa shape index (κ3) is 2.64. The van der Waals surface area contributed by atoms with Crippen molar-refractivity contribution in [1.82, 2.24) is 4.98 Å². The predicted molar refractivity (Wildman–Crippen MR) is 111 cm³/mol. The lowest BCUT2D eigenvalue weighted by atomic mass is 10.1. The molecule has 4 nitrogen and oxygen atoms in total. The van der Waals surface area contributed by atoms with Crippen LogP contribution in [-0.2, 0) is 4.79 Å². The van der Waals surface area contributed by atoms with Crippen molar-refractivity contribution in [2.45, 2.75) is 6.92 Å². The number of anilines is 2. The smallest absolute Gasteiger partial charge is 0.275 e. The van der Waals surface area contributed by atoms with Gasteiger partial charge in [-0.25, -0.2) is 9.98 Å². The first-order valence-electron chi connectivity index (χ1n) is 8.65. The van der Waals surface area contributed by atoms with Gasteiger partial charge in [-0.1, -0.05) is 36.4 Å². The lowest BCUT2D eigenvalue weighted by Gasteiger charge is -2.16. The lowest BCUT2D eigenvalue weighted by molar-refractivity contribution is -0.111. The van der Waals surface area contributed by atoms with Gasteiger partial charge in [-0.05, 0) is 43.3 Å². The molecule has 0 fully saturated rings. The van der Waals surface area contributed by atoms with Crippen LogP contribution in [0.15, 0.2) is 77.8 Å². The van der Waals surface area contributed by atoms with Crippen LogP contribution in [0, 0.1) is 6.92 Å². The van der Waals surface area contributed by atoms with Crippen LogP contribution in [0.3, 0.4) is 0 Å². The first-order chi connectivity index (χ1) is 13.2. The van der Waals surface area contributed by atoms with Crippen molar-refractivity contribution in [1.29, 1.82) is 0 Å².